The molecule has 10 heavy (non-hydrogen) atoms. The van der Waals surface area contributed by atoms with Gasteiger partial charge in [0, 0.05) is 5.75 Å². The smallest absolute Gasteiger partial charge is 0.0244 e. The summed E-state index contributed by atoms with van der Waals surface area (Å²) in [6.45, 7) is 6.68. The molecule has 0 aromatic heterocycles. The highest BCUT2D eigenvalue weighted by atomic mass is 79.9. The fourth-order valence-electron chi connectivity index (χ4n) is 0.439. The first-order chi connectivity index (χ1) is 4.66. The molecular formula is C7H14BrNS. The highest BCUT2D eigenvalue weighted by molar-refractivity contribution is 9.11. The lowest BCUT2D eigenvalue weighted by Crippen LogP contribution is -2.12. The summed E-state index contributed by atoms with van der Waals surface area (Å²) in [7, 11) is 0. The fraction of sp³-hybridized carbons (Fsp3) is 0.714. The van der Waals surface area contributed by atoms with Crippen molar-refractivity contribution in [3.8, 4) is 0 Å². The van der Waals surface area contributed by atoms with Gasteiger partial charge in [0.25, 0.3) is 0 Å². The molecule has 0 saturated carbocycles. The summed E-state index contributed by atoms with van der Waals surface area (Å²) in [6.07, 6.45) is 0. The van der Waals surface area contributed by atoms with Gasteiger partial charge in [-0.3, -0.25) is 0 Å². The van der Waals surface area contributed by atoms with Gasteiger partial charge in [0.05, 0.1) is 0 Å². The number of rotatable bonds is 5. The molecule has 0 aliphatic rings. The molecule has 0 radical (unpaired) electrons. The molecule has 0 aromatic carbocycles. The lowest BCUT2D eigenvalue weighted by atomic mass is 10.2. The van der Waals surface area contributed by atoms with Crippen LogP contribution in [0.4, 0.5) is 0 Å². The van der Waals surface area contributed by atoms with Crippen molar-refractivity contribution in [2.45, 2.75) is 6.92 Å². The van der Waals surface area contributed by atoms with Crippen molar-refractivity contribution in [3.63, 3.8) is 0 Å². The topological polar surface area (TPSA) is 26.0 Å². The van der Waals surface area contributed by atoms with E-state index < -0.39 is 0 Å². The minimum Gasteiger partial charge on any atom is -0.330 e. The number of hydrogen-bond acceptors (Lipinski definition) is 2. The van der Waals surface area contributed by atoms with E-state index in [1.54, 1.807) is 0 Å². The Kier molecular flexibility index (Phi) is 6.59. The van der Waals surface area contributed by atoms with Crippen LogP contribution in [-0.2, 0) is 0 Å². The Hall–Kier alpha value is 0.530. The van der Waals surface area contributed by atoms with Crippen molar-refractivity contribution in [2.75, 3.05) is 18.1 Å². The maximum Gasteiger partial charge on any atom is 0.0244 e. The molecule has 0 bridgehead atoms. The zero-order valence-corrected chi connectivity index (χ0v) is 8.67. The van der Waals surface area contributed by atoms with Crippen molar-refractivity contribution in [1.82, 2.24) is 0 Å². The highest BCUT2D eigenvalue weighted by Crippen LogP contribution is 2.13. The summed E-state index contributed by atoms with van der Waals surface area (Å²) < 4.78 is 1.06. The van der Waals surface area contributed by atoms with Crippen LogP contribution in [-0.4, -0.2) is 18.1 Å². The normalized spacial score (nSPS) is 13.1. The third-order valence-corrected chi connectivity index (χ3v) is 3.07. The van der Waals surface area contributed by atoms with Crippen LogP contribution < -0.4 is 5.73 Å². The molecule has 0 rings (SSSR count). The van der Waals surface area contributed by atoms with Gasteiger partial charge < -0.3 is 5.73 Å². The van der Waals surface area contributed by atoms with Crippen LogP contribution in [0.5, 0.6) is 0 Å². The van der Waals surface area contributed by atoms with Crippen LogP contribution in [0.25, 0.3) is 0 Å². The van der Waals surface area contributed by atoms with Crippen molar-refractivity contribution in [3.05, 3.63) is 11.1 Å². The molecule has 0 amide bonds. The van der Waals surface area contributed by atoms with Gasteiger partial charge in [0.2, 0.25) is 0 Å². The van der Waals surface area contributed by atoms with E-state index in [9.17, 15) is 0 Å². The molecule has 2 N–H and O–H groups in total. The Labute approximate surface area is 75.6 Å². The monoisotopic (exact) mass is 223 g/mol. The summed E-state index contributed by atoms with van der Waals surface area (Å²) in [4.78, 5) is 0. The van der Waals surface area contributed by atoms with Gasteiger partial charge in [-0.1, -0.05) is 29.4 Å². The minimum atomic E-state index is 0.622. The molecular weight excluding hydrogens is 210 g/mol. The molecule has 0 aliphatic carbocycles. The largest absolute Gasteiger partial charge is 0.330 e. The van der Waals surface area contributed by atoms with E-state index in [1.807, 2.05) is 11.8 Å². The first kappa shape index (κ1) is 10.5. The highest BCUT2D eigenvalue weighted by Gasteiger charge is 1.98. The van der Waals surface area contributed by atoms with Crippen molar-refractivity contribution < 1.29 is 0 Å². The van der Waals surface area contributed by atoms with Crippen molar-refractivity contribution in [2.24, 2.45) is 11.7 Å². The first-order valence-corrected chi connectivity index (χ1v) is 5.22. The van der Waals surface area contributed by atoms with E-state index in [0.717, 1.165) is 22.5 Å². The Morgan fingerprint density at radius 3 is 2.80 bits per heavy atom. The third-order valence-electron chi connectivity index (χ3n) is 1.06. The van der Waals surface area contributed by atoms with Crippen LogP contribution in [0, 0.1) is 5.92 Å². The number of halogens is 1. The molecule has 0 aliphatic heterocycles. The zero-order valence-electron chi connectivity index (χ0n) is 6.27. The molecule has 60 valence electrons. The number of thioether (sulfide) groups is 1. The third kappa shape index (κ3) is 6.65. The predicted molar refractivity (Wildman–Crippen MR) is 53.6 cm³/mol. The zero-order chi connectivity index (χ0) is 7.98. The predicted octanol–water partition coefficient (Wildman–Crippen LogP) is 2.22. The lowest BCUT2D eigenvalue weighted by Gasteiger charge is -2.05. The lowest BCUT2D eigenvalue weighted by molar-refractivity contribution is 0.676. The van der Waals surface area contributed by atoms with Crippen LogP contribution in [0.3, 0.4) is 0 Å². The molecule has 1 nitrogen and oxygen atoms in total. The van der Waals surface area contributed by atoms with Gasteiger partial charge >= 0.3 is 0 Å². The second-order valence-corrected chi connectivity index (χ2v) is 4.52. The maximum absolute atomic E-state index is 5.44. The van der Waals surface area contributed by atoms with E-state index in [2.05, 4.69) is 29.4 Å². The average Bonchev–Trinajstić information content (AvgIpc) is 1.87. The van der Waals surface area contributed by atoms with Crippen LogP contribution in [0.1, 0.15) is 6.92 Å². The molecule has 0 aromatic rings. The second-order valence-electron chi connectivity index (χ2n) is 2.37. The molecule has 0 spiro atoms. The van der Waals surface area contributed by atoms with Gasteiger partial charge in [-0.05, 0) is 22.7 Å². The van der Waals surface area contributed by atoms with Gasteiger partial charge in [-0.25, -0.2) is 0 Å². The molecule has 3 heteroatoms. The molecule has 1 unspecified atom stereocenters. The summed E-state index contributed by atoms with van der Waals surface area (Å²) in [5.41, 5.74) is 5.44. The minimum absolute atomic E-state index is 0.622. The Morgan fingerprint density at radius 1 is 1.80 bits per heavy atom. The summed E-state index contributed by atoms with van der Waals surface area (Å²) in [5.74, 6) is 2.74. The summed E-state index contributed by atoms with van der Waals surface area (Å²) in [5, 5.41) is 0. The van der Waals surface area contributed by atoms with E-state index in [0.29, 0.717) is 5.92 Å². The second kappa shape index (κ2) is 6.25. The molecule has 0 saturated heterocycles. The molecule has 0 heterocycles. The van der Waals surface area contributed by atoms with E-state index in [1.165, 1.54) is 0 Å². The van der Waals surface area contributed by atoms with Crippen molar-refractivity contribution in [1.29, 1.82) is 0 Å². The van der Waals surface area contributed by atoms with E-state index in [-0.39, 0.29) is 0 Å². The quantitative estimate of drug-likeness (QED) is 0.774. The SMILES string of the molecule is C=C(Br)CSCC(C)CN. The van der Waals surface area contributed by atoms with Gasteiger partial charge in [0.1, 0.15) is 0 Å². The first-order valence-electron chi connectivity index (χ1n) is 3.28. The van der Waals surface area contributed by atoms with Crippen LogP contribution >= 0.6 is 27.7 Å². The van der Waals surface area contributed by atoms with Crippen molar-refractivity contribution >= 4 is 27.7 Å². The van der Waals surface area contributed by atoms with E-state index in [4.69, 9.17) is 5.73 Å². The van der Waals surface area contributed by atoms with Gasteiger partial charge in [-0.2, -0.15) is 11.8 Å². The van der Waals surface area contributed by atoms with Crippen LogP contribution in [0.2, 0.25) is 0 Å². The average molecular weight is 224 g/mol. The molecule has 0 fully saturated rings. The number of nitrogens with two attached hydrogens (primary N) is 1. The standard InChI is InChI=1S/C7H14BrNS/c1-6(3-9)4-10-5-7(2)8/h6H,2-5,9H2,1H3. The molecule has 1 atom stereocenters. The Balaban J connectivity index is 3.11. The van der Waals surface area contributed by atoms with Crippen LogP contribution in [0.15, 0.2) is 11.1 Å². The Bertz CT molecular complexity index is 106. The fourth-order valence-corrected chi connectivity index (χ4v) is 1.80. The van der Waals surface area contributed by atoms with Gasteiger partial charge in [-0.15, -0.1) is 0 Å². The van der Waals surface area contributed by atoms with E-state index >= 15 is 0 Å². The summed E-state index contributed by atoms with van der Waals surface area (Å²) in [6, 6.07) is 0. The Morgan fingerprint density at radius 2 is 2.40 bits per heavy atom. The number of hydrogen-bond donors (Lipinski definition) is 1. The summed E-state index contributed by atoms with van der Waals surface area (Å²) >= 11 is 5.17. The van der Waals surface area contributed by atoms with Gasteiger partial charge in [0.15, 0.2) is 0 Å². The maximum atomic E-state index is 5.44.